The van der Waals surface area contributed by atoms with Crippen molar-refractivity contribution in [2.24, 2.45) is 5.73 Å². The van der Waals surface area contributed by atoms with Gasteiger partial charge in [0.15, 0.2) is 0 Å². The van der Waals surface area contributed by atoms with Gasteiger partial charge in [-0.1, -0.05) is 24.3 Å². The molecule has 4 nitrogen and oxygen atoms in total. The minimum Gasteiger partial charge on any atom is -0.496 e. The average Bonchev–Trinajstić information content (AvgIpc) is 2.99. The standard InChI is InChI=1S/C19H21N3O/c1-23-17-7-2-4-12-8-9-14(18(12)17)19(21)11-10-13-15(20)5-3-6-16(13)22-19/h2-7,10-11,14,22H,8-9,20-21H2,1H3. The van der Waals surface area contributed by atoms with Crippen LogP contribution in [0.1, 0.15) is 29.0 Å². The molecule has 0 saturated heterocycles. The third kappa shape index (κ3) is 2.10. The molecule has 0 fully saturated rings. The molecule has 1 heterocycles. The quantitative estimate of drug-likeness (QED) is 0.745. The highest BCUT2D eigenvalue weighted by Crippen LogP contribution is 2.46. The molecule has 23 heavy (non-hydrogen) atoms. The first kappa shape index (κ1) is 14.2. The van der Waals surface area contributed by atoms with Crippen molar-refractivity contribution >= 4 is 17.5 Å². The second kappa shape index (κ2) is 5.03. The Balaban J connectivity index is 1.77. The van der Waals surface area contributed by atoms with Crippen LogP contribution >= 0.6 is 0 Å². The molecule has 0 radical (unpaired) electrons. The Morgan fingerprint density at radius 1 is 1.22 bits per heavy atom. The Bertz CT molecular complexity index is 799. The first-order chi connectivity index (χ1) is 11.1. The van der Waals surface area contributed by atoms with Gasteiger partial charge in [0.1, 0.15) is 11.4 Å². The molecule has 2 aromatic rings. The molecule has 2 aromatic carbocycles. The van der Waals surface area contributed by atoms with Gasteiger partial charge in [-0.05, 0) is 42.7 Å². The van der Waals surface area contributed by atoms with Gasteiger partial charge >= 0.3 is 0 Å². The fourth-order valence-corrected chi connectivity index (χ4v) is 3.88. The summed E-state index contributed by atoms with van der Waals surface area (Å²) < 4.78 is 5.58. The maximum Gasteiger partial charge on any atom is 0.122 e. The minimum atomic E-state index is -0.638. The largest absolute Gasteiger partial charge is 0.496 e. The third-order valence-electron chi connectivity index (χ3n) is 5.02. The molecule has 2 unspecified atom stereocenters. The van der Waals surface area contributed by atoms with E-state index in [4.69, 9.17) is 16.2 Å². The van der Waals surface area contributed by atoms with Gasteiger partial charge in [0.05, 0.1) is 7.11 Å². The molecule has 4 rings (SSSR count). The highest BCUT2D eigenvalue weighted by molar-refractivity contribution is 5.81. The molecule has 5 N–H and O–H groups in total. The zero-order chi connectivity index (χ0) is 16.0. The predicted octanol–water partition coefficient (Wildman–Crippen LogP) is 3.10. The molecular weight excluding hydrogens is 286 g/mol. The first-order valence-electron chi connectivity index (χ1n) is 7.93. The number of hydrogen-bond donors (Lipinski definition) is 3. The van der Waals surface area contributed by atoms with E-state index in [2.05, 4.69) is 11.4 Å². The van der Waals surface area contributed by atoms with Crippen molar-refractivity contribution in [2.75, 3.05) is 18.2 Å². The number of nitrogens with two attached hydrogens (primary N) is 2. The van der Waals surface area contributed by atoms with Crippen molar-refractivity contribution in [1.29, 1.82) is 0 Å². The van der Waals surface area contributed by atoms with Gasteiger partial charge in [0.25, 0.3) is 0 Å². The number of rotatable bonds is 2. The van der Waals surface area contributed by atoms with Gasteiger partial charge in [-0.2, -0.15) is 0 Å². The van der Waals surface area contributed by atoms with Crippen LogP contribution in [-0.4, -0.2) is 12.8 Å². The Hall–Kier alpha value is -2.46. The fourth-order valence-electron chi connectivity index (χ4n) is 3.88. The monoisotopic (exact) mass is 307 g/mol. The highest BCUT2D eigenvalue weighted by Gasteiger charge is 2.41. The van der Waals surface area contributed by atoms with E-state index in [0.29, 0.717) is 0 Å². The molecule has 0 bridgehead atoms. The van der Waals surface area contributed by atoms with Crippen molar-refractivity contribution in [1.82, 2.24) is 0 Å². The van der Waals surface area contributed by atoms with Gasteiger partial charge in [0, 0.05) is 28.4 Å². The van der Waals surface area contributed by atoms with Crippen molar-refractivity contribution in [2.45, 2.75) is 24.4 Å². The number of fused-ring (bicyclic) bond motifs is 2. The predicted molar refractivity (Wildman–Crippen MR) is 94.5 cm³/mol. The van der Waals surface area contributed by atoms with E-state index in [1.165, 1.54) is 11.1 Å². The van der Waals surface area contributed by atoms with Crippen LogP contribution in [0.5, 0.6) is 5.75 Å². The Morgan fingerprint density at radius 3 is 2.87 bits per heavy atom. The lowest BCUT2D eigenvalue weighted by Crippen LogP contribution is -2.51. The molecule has 1 aliphatic heterocycles. The first-order valence-corrected chi connectivity index (χ1v) is 7.93. The third-order valence-corrected chi connectivity index (χ3v) is 5.02. The summed E-state index contributed by atoms with van der Waals surface area (Å²) in [6.45, 7) is 0. The molecule has 0 aromatic heterocycles. The van der Waals surface area contributed by atoms with Crippen LogP contribution in [0, 0.1) is 0 Å². The summed E-state index contributed by atoms with van der Waals surface area (Å²) in [5, 5.41) is 3.50. The van der Waals surface area contributed by atoms with Crippen LogP contribution < -0.4 is 21.5 Å². The molecule has 0 amide bonds. The zero-order valence-electron chi connectivity index (χ0n) is 13.2. The summed E-state index contributed by atoms with van der Waals surface area (Å²) in [6.07, 6.45) is 6.10. The Labute approximate surface area is 136 Å². The van der Waals surface area contributed by atoms with E-state index < -0.39 is 5.66 Å². The lowest BCUT2D eigenvalue weighted by atomic mass is 9.84. The van der Waals surface area contributed by atoms with E-state index >= 15 is 0 Å². The molecule has 118 valence electrons. The van der Waals surface area contributed by atoms with Gasteiger partial charge in [-0.25, -0.2) is 0 Å². The van der Waals surface area contributed by atoms with Crippen molar-refractivity contribution in [3.05, 3.63) is 59.2 Å². The molecule has 2 atom stereocenters. The van der Waals surface area contributed by atoms with Crippen molar-refractivity contribution < 1.29 is 4.74 Å². The van der Waals surface area contributed by atoms with Gasteiger partial charge in [-0.3, -0.25) is 0 Å². The molecule has 1 aliphatic carbocycles. The number of nitrogen functional groups attached to an aromatic ring is 1. The van der Waals surface area contributed by atoms with Gasteiger partial charge in [-0.15, -0.1) is 0 Å². The van der Waals surface area contributed by atoms with Crippen LogP contribution in [0.4, 0.5) is 11.4 Å². The molecular formula is C19H21N3O. The van der Waals surface area contributed by atoms with E-state index in [0.717, 1.165) is 35.5 Å². The number of anilines is 2. The zero-order valence-corrected chi connectivity index (χ0v) is 13.2. The van der Waals surface area contributed by atoms with Crippen LogP contribution in [0.25, 0.3) is 6.08 Å². The Morgan fingerprint density at radius 2 is 2.04 bits per heavy atom. The second-order valence-corrected chi connectivity index (χ2v) is 6.32. The molecule has 2 aliphatic rings. The summed E-state index contributed by atoms with van der Waals surface area (Å²) in [5.74, 6) is 1.09. The van der Waals surface area contributed by atoms with Crippen LogP contribution in [0.15, 0.2) is 42.5 Å². The number of benzene rings is 2. The van der Waals surface area contributed by atoms with Crippen LogP contribution in [0.3, 0.4) is 0 Å². The lowest BCUT2D eigenvalue weighted by molar-refractivity contribution is 0.393. The molecule has 0 saturated carbocycles. The smallest absolute Gasteiger partial charge is 0.122 e. The van der Waals surface area contributed by atoms with Crippen LogP contribution in [-0.2, 0) is 6.42 Å². The van der Waals surface area contributed by atoms with E-state index in [9.17, 15) is 0 Å². The molecule has 0 spiro atoms. The lowest BCUT2D eigenvalue weighted by Gasteiger charge is -2.38. The SMILES string of the molecule is COc1cccc2c1C(C1(N)C=Cc3c(N)cccc3N1)CC2. The summed E-state index contributed by atoms with van der Waals surface area (Å²) >= 11 is 0. The summed E-state index contributed by atoms with van der Waals surface area (Å²) in [5.41, 5.74) is 17.5. The summed E-state index contributed by atoms with van der Waals surface area (Å²) in [6, 6.07) is 12.1. The number of hydrogen-bond acceptors (Lipinski definition) is 4. The maximum absolute atomic E-state index is 6.77. The maximum atomic E-state index is 6.77. The van der Waals surface area contributed by atoms with E-state index in [1.54, 1.807) is 7.11 Å². The summed E-state index contributed by atoms with van der Waals surface area (Å²) in [4.78, 5) is 0. The minimum absolute atomic E-state index is 0.166. The van der Waals surface area contributed by atoms with Gasteiger partial charge < -0.3 is 21.5 Å². The second-order valence-electron chi connectivity index (χ2n) is 6.32. The molecule has 4 heteroatoms. The van der Waals surface area contributed by atoms with Crippen molar-refractivity contribution in [3.63, 3.8) is 0 Å². The van der Waals surface area contributed by atoms with E-state index in [1.807, 2.05) is 42.5 Å². The highest BCUT2D eigenvalue weighted by atomic mass is 16.5. The average molecular weight is 307 g/mol. The fraction of sp³-hybridized carbons (Fsp3) is 0.263. The number of aryl methyl sites for hydroxylation is 1. The number of nitrogens with one attached hydrogen (secondary N) is 1. The normalized spacial score (nSPS) is 24.7. The Kier molecular flexibility index (Phi) is 3.10. The topological polar surface area (TPSA) is 73.3 Å². The van der Waals surface area contributed by atoms with Crippen molar-refractivity contribution in [3.8, 4) is 5.75 Å². The summed E-state index contributed by atoms with van der Waals surface area (Å²) in [7, 11) is 1.72. The number of methoxy groups -OCH3 is 1. The van der Waals surface area contributed by atoms with E-state index in [-0.39, 0.29) is 5.92 Å². The van der Waals surface area contributed by atoms with Crippen LogP contribution in [0.2, 0.25) is 0 Å². The number of ether oxygens (including phenoxy) is 1. The van der Waals surface area contributed by atoms with Gasteiger partial charge in [0.2, 0.25) is 0 Å².